The van der Waals surface area contributed by atoms with Crippen molar-refractivity contribution in [2.24, 2.45) is 11.5 Å². The van der Waals surface area contributed by atoms with Gasteiger partial charge in [0, 0.05) is 51.3 Å². The SMILES string of the molecule is C=Cc1ccccc1/C=C\N(c1ccc(/C(N)=C/Cc2ccc3ccccc3c2)cc1)c1ccc2ccccc2c1C.CC.NC1=Cc2c(n(-c3ccccc3)c3ccccc23)CC1. The molecule has 0 aliphatic heterocycles. The molecule has 1 aromatic heterocycles. The number of benzene rings is 8. The number of hydrogen-bond donors (Lipinski definition) is 2. The van der Waals surface area contributed by atoms with Crippen molar-refractivity contribution in [1.82, 2.24) is 4.57 Å². The third-order valence-corrected chi connectivity index (χ3v) is 11.9. The van der Waals surface area contributed by atoms with E-state index in [4.69, 9.17) is 11.5 Å². The van der Waals surface area contributed by atoms with Crippen molar-refractivity contribution in [3.8, 4) is 5.69 Å². The lowest BCUT2D eigenvalue weighted by Gasteiger charge is -2.24. The van der Waals surface area contributed by atoms with Crippen LogP contribution in [-0.4, -0.2) is 4.57 Å². The molecular formula is C60H56N4. The normalized spacial score (nSPS) is 12.2. The summed E-state index contributed by atoms with van der Waals surface area (Å²) < 4.78 is 2.37. The van der Waals surface area contributed by atoms with E-state index < -0.39 is 0 Å². The zero-order chi connectivity index (χ0) is 44.4. The number of aromatic nitrogens is 1. The van der Waals surface area contributed by atoms with Crippen LogP contribution in [0.5, 0.6) is 0 Å². The van der Waals surface area contributed by atoms with E-state index in [2.05, 4.69) is 223 Å². The highest BCUT2D eigenvalue weighted by Crippen LogP contribution is 2.36. The Hall–Kier alpha value is -7.82. The van der Waals surface area contributed by atoms with Crippen LogP contribution in [-0.2, 0) is 12.8 Å². The fourth-order valence-electron chi connectivity index (χ4n) is 8.63. The average Bonchev–Trinajstić information content (AvgIpc) is 3.68. The topological polar surface area (TPSA) is 60.2 Å². The number of aryl methyl sites for hydroxylation is 1. The second-order valence-corrected chi connectivity index (χ2v) is 15.8. The maximum absolute atomic E-state index is 6.57. The zero-order valence-electron chi connectivity index (χ0n) is 37.1. The van der Waals surface area contributed by atoms with Gasteiger partial charge in [0.25, 0.3) is 0 Å². The number of nitrogens with two attached hydrogens (primary N) is 2. The summed E-state index contributed by atoms with van der Waals surface area (Å²) in [6.45, 7) is 10.2. The van der Waals surface area contributed by atoms with Gasteiger partial charge in [0.15, 0.2) is 0 Å². The Labute approximate surface area is 378 Å². The smallest absolute Gasteiger partial charge is 0.0537 e. The van der Waals surface area contributed by atoms with Crippen molar-refractivity contribution < 1.29 is 0 Å². The summed E-state index contributed by atoms with van der Waals surface area (Å²) >= 11 is 0. The average molecular weight is 833 g/mol. The monoisotopic (exact) mass is 832 g/mol. The quantitative estimate of drug-likeness (QED) is 0.152. The van der Waals surface area contributed by atoms with Crippen molar-refractivity contribution in [1.29, 1.82) is 0 Å². The Kier molecular flexibility index (Phi) is 13.3. The van der Waals surface area contributed by atoms with Crippen LogP contribution in [0, 0.1) is 6.92 Å². The zero-order valence-corrected chi connectivity index (χ0v) is 37.1. The Bertz CT molecular complexity index is 3150. The number of rotatable bonds is 9. The van der Waals surface area contributed by atoms with E-state index in [1.807, 2.05) is 26.0 Å². The highest BCUT2D eigenvalue weighted by atomic mass is 15.1. The Balaban J connectivity index is 0.000000211. The van der Waals surface area contributed by atoms with Gasteiger partial charge in [-0.3, -0.25) is 0 Å². The van der Waals surface area contributed by atoms with Gasteiger partial charge in [0.2, 0.25) is 0 Å². The van der Waals surface area contributed by atoms with Crippen molar-refractivity contribution in [3.63, 3.8) is 0 Å². The molecule has 0 radical (unpaired) electrons. The molecule has 316 valence electrons. The number of para-hydroxylation sites is 2. The minimum absolute atomic E-state index is 0.776. The molecule has 4 N–H and O–H groups in total. The summed E-state index contributed by atoms with van der Waals surface area (Å²) in [6, 6.07) is 63.9. The highest BCUT2D eigenvalue weighted by molar-refractivity contribution is 5.94. The maximum atomic E-state index is 6.57. The second-order valence-electron chi connectivity index (χ2n) is 15.8. The molecule has 0 fully saturated rings. The van der Waals surface area contributed by atoms with Gasteiger partial charge < -0.3 is 20.9 Å². The number of fused-ring (bicyclic) bond motifs is 5. The lowest BCUT2D eigenvalue weighted by atomic mass is 10.00. The van der Waals surface area contributed by atoms with E-state index in [-0.39, 0.29) is 0 Å². The first-order valence-corrected chi connectivity index (χ1v) is 22.3. The molecule has 1 aliphatic carbocycles. The maximum Gasteiger partial charge on any atom is 0.0537 e. The van der Waals surface area contributed by atoms with E-state index in [9.17, 15) is 0 Å². The van der Waals surface area contributed by atoms with E-state index >= 15 is 0 Å². The fraction of sp³-hybridized carbons (Fsp3) is 0.100. The molecule has 0 unspecified atom stereocenters. The van der Waals surface area contributed by atoms with Gasteiger partial charge in [-0.15, -0.1) is 0 Å². The Morgan fingerprint density at radius 2 is 1.30 bits per heavy atom. The van der Waals surface area contributed by atoms with E-state index in [1.165, 1.54) is 60.5 Å². The summed E-state index contributed by atoms with van der Waals surface area (Å²) in [4.78, 5) is 2.25. The van der Waals surface area contributed by atoms with E-state index in [1.54, 1.807) is 0 Å². The first kappa shape index (κ1) is 42.9. The highest BCUT2D eigenvalue weighted by Gasteiger charge is 2.20. The molecule has 0 saturated carbocycles. The summed E-state index contributed by atoms with van der Waals surface area (Å²) in [5.41, 5.74) is 27.4. The third kappa shape index (κ3) is 9.18. The third-order valence-electron chi connectivity index (χ3n) is 11.9. The molecule has 1 aliphatic rings. The number of anilines is 2. The summed E-state index contributed by atoms with van der Waals surface area (Å²) in [5, 5.41) is 6.27. The molecule has 0 amide bonds. The molecule has 0 atom stereocenters. The molecule has 1 heterocycles. The van der Waals surface area contributed by atoms with Crippen molar-refractivity contribution in [3.05, 3.63) is 246 Å². The van der Waals surface area contributed by atoms with Crippen LogP contribution in [0.3, 0.4) is 0 Å². The number of nitrogens with zero attached hydrogens (tertiary/aromatic N) is 2. The van der Waals surface area contributed by atoms with Crippen LogP contribution < -0.4 is 16.4 Å². The molecule has 4 nitrogen and oxygen atoms in total. The lowest BCUT2D eigenvalue weighted by Crippen LogP contribution is -2.10. The predicted octanol–water partition coefficient (Wildman–Crippen LogP) is 15.2. The fourth-order valence-corrected chi connectivity index (χ4v) is 8.63. The standard InChI is InChI=1S/C40H34N2.C18H16N2.C2H6/c1-3-31-10-4-5-12-33(31)26-27-42(40-25-21-34-13-8-9-15-38(34)29(40)2)37-22-19-35(20-23-37)39(41)24-17-30-16-18-32-11-6-7-14-36(32)28-30;19-13-10-11-18-16(12-13)15-8-4-5-9-17(15)20(18)14-6-2-1-3-7-14;1-2/h3-16,18-28H,1,17,41H2,2H3;1-9,12H,10-11,19H2;1-2H3/b27-26-,39-24-;;. The van der Waals surface area contributed by atoms with Gasteiger partial charge >= 0.3 is 0 Å². The first-order valence-electron chi connectivity index (χ1n) is 22.3. The molecule has 9 aromatic rings. The van der Waals surface area contributed by atoms with Crippen LogP contribution in [0.25, 0.3) is 62.1 Å². The van der Waals surface area contributed by atoms with Gasteiger partial charge in [0.1, 0.15) is 0 Å². The summed E-state index contributed by atoms with van der Waals surface area (Å²) in [6.07, 6.45) is 13.2. The van der Waals surface area contributed by atoms with Crippen molar-refractivity contribution in [2.45, 2.75) is 40.0 Å². The molecule has 10 rings (SSSR count). The van der Waals surface area contributed by atoms with E-state index in [0.717, 1.165) is 58.7 Å². The van der Waals surface area contributed by atoms with Crippen LogP contribution in [0.2, 0.25) is 0 Å². The summed E-state index contributed by atoms with van der Waals surface area (Å²) in [7, 11) is 0. The largest absolute Gasteiger partial charge is 0.402 e. The molecule has 64 heavy (non-hydrogen) atoms. The lowest BCUT2D eigenvalue weighted by molar-refractivity contribution is 0.848. The van der Waals surface area contributed by atoms with Gasteiger partial charge in [0.05, 0.1) is 5.52 Å². The van der Waals surface area contributed by atoms with Crippen molar-refractivity contribution >= 4 is 67.7 Å². The number of hydrogen-bond acceptors (Lipinski definition) is 3. The molecule has 4 heteroatoms. The van der Waals surface area contributed by atoms with Crippen LogP contribution >= 0.6 is 0 Å². The van der Waals surface area contributed by atoms with Crippen molar-refractivity contribution in [2.75, 3.05) is 4.90 Å². The van der Waals surface area contributed by atoms with Gasteiger partial charge in [-0.05, 0) is 124 Å². The summed E-state index contributed by atoms with van der Waals surface area (Å²) in [5.74, 6) is 0. The minimum atomic E-state index is 0.776. The number of allylic oxidation sites excluding steroid dienone is 2. The Morgan fingerprint density at radius 1 is 0.656 bits per heavy atom. The van der Waals surface area contributed by atoms with Gasteiger partial charge in [-0.2, -0.15) is 0 Å². The Morgan fingerprint density at radius 3 is 2.06 bits per heavy atom. The molecular weight excluding hydrogens is 777 g/mol. The molecule has 0 spiro atoms. The first-order chi connectivity index (χ1) is 31.4. The second kappa shape index (κ2) is 19.9. The van der Waals surface area contributed by atoms with Gasteiger partial charge in [-0.1, -0.05) is 178 Å². The molecule has 0 bridgehead atoms. The molecule has 0 saturated heterocycles. The van der Waals surface area contributed by atoms with Crippen LogP contribution in [0.15, 0.2) is 207 Å². The molecule has 8 aromatic carbocycles. The van der Waals surface area contributed by atoms with Crippen LogP contribution in [0.1, 0.15) is 59.3 Å². The van der Waals surface area contributed by atoms with Crippen LogP contribution in [0.4, 0.5) is 11.4 Å². The predicted molar refractivity (Wildman–Crippen MR) is 278 cm³/mol. The van der Waals surface area contributed by atoms with Gasteiger partial charge in [-0.25, -0.2) is 0 Å². The van der Waals surface area contributed by atoms with E-state index in [0.29, 0.717) is 0 Å². The minimum Gasteiger partial charge on any atom is -0.402 e.